The molecule has 1 saturated carbocycles. The predicted octanol–water partition coefficient (Wildman–Crippen LogP) is 1.92. The third-order valence-electron chi connectivity index (χ3n) is 6.30. The molecule has 1 atom stereocenters. The van der Waals surface area contributed by atoms with E-state index in [2.05, 4.69) is 15.5 Å². The summed E-state index contributed by atoms with van der Waals surface area (Å²) in [5.74, 6) is 0.219. The van der Waals surface area contributed by atoms with E-state index in [0.717, 1.165) is 31.5 Å². The summed E-state index contributed by atoms with van der Waals surface area (Å²) >= 11 is 0. The molecule has 4 rings (SSSR count). The Bertz CT molecular complexity index is 955. The van der Waals surface area contributed by atoms with Crippen LogP contribution in [0.1, 0.15) is 49.5 Å². The van der Waals surface area contributed by atoms with Gasteiger partial charge in [0.1, 0.15) is 5.82 Å². The van der Waals surface area contributed by atoms with Crippen LogP contribution in [0.2, 0.25) is 0 Å². The van der Waals surface area contributed by atoms with Crippen molar-refractivity contribution in [1.29, 1.82) is 0 Å². The van der Waals surface area contributed by atoms with Crippen molar-refractivity contribution in [2.24, 2.45) is 0 Å². The Labute approximate surface area is 170 Å². The molecular formula is C19H27FN6O2S. The summed E-state index contributed by atoms with van der Waals surface area (Å²) in [5.41, 5.74) is 0.00615. The second-order valence-corrected chi connectivity index (χ2v) is 10.2. The first-order chi connectivity index (χ1) is 13.8. The first kappa shape index (κ1) is 20.4. The van der Waals surface area contributed by atoms with Crippen LogP contribution < -0.4 is 0 Å². The Morgan fingerprint density at radius 2 is 1.90 bits per heavy atom. The zero-order valence-corrected chi connectivity index (χ0v) is 17.6. The Morgan fingerprint density at radius 1 is 1.21 bits per heavy atom. The van der Waals surface area contributed by atoms with Crippen molar-refractivity contribution in [2.45, 2.75) is 49.4 Å². The van der Waals surface area contributed by atoms with Gasteiger partial charge in [0.2, 0.25) is 10.0 Å². The lowest BCUT2D eigenvalue weighted by atomic mass is 9.95. The summed E-state index contributed by atoms with van der Waals surface area (Å²) in [7, 11) is 0.349. The van der Waals surface area contributed by atoms with Gasteiger partial charge in [-0.15, -0.1) is 5.10 Å². The van der Waals surface area contributed by atoms with E-state index < -0.39 is 15.6 Å². The summed E-state index contributed by atoms with van der Waals surface area (Å²) in [6, 6.07) is 5.89. The average Bonchev–Trinajstić information content (AvgIpc) is 3.42. The normalized spacial score (nSPS) is 24.0. The highest BCUT2D eigenvalue weighted by Gasteiger charge is 2.49. The SMILES string of the molecule is CN(C)C1(c2nnnn2C2CCCC2)CCN(S(=O)(=O)Cc2ccc(F)cc2)C1. The van der Waals surface area contributed by atoms with Crippen molar-refractivity contribution >= 4 is 10.0 Å². The predicted molar refractivity (Wildman–Crippen MR) is 106 cm³/mol. The summed E-state index contributed by atoms with van der Waals surface area (Å²) in [5, 5.41) is 12.5. The van der Waals surface area contributed by atoms with E-state index in [0.29, 0.717) is 25.1 Å². The molecule has 0 spiro atoms. The largest absolute Gasteiger partial charge is 0.296 e. The molecule has 2 heterocycles. The Morgan fingerprint density at radius 3 is 2.55 bits per heavy atom. The minimum absolute atomic E-state index is 0.148. The van der Waals surface area contributed by atoms with Gasteiger partial charge in [0.25, 0.3) is 0 Å². The monoisotopic (exact) mass is 422 g/mol. The second-order valence-electron chi connectivity index (χ2n) is 8.28. The van der Waals surface area contributed by atoms with Gasteiger partial charge < -0.3 is 0 Å². The molecule has 1 aliphatic carbocycles. The van der Waals surface area contributed by atoms with E-state index in [4.69, 9.17) is 0 Å². The average molecular weight is 423 g/mol. The van der Waals surface area contributed by atoms with Gasteiger partial charge in [0.05, 0.1) is 17.3 Å². The molecule has 2 aliphatic rings. The first-order valence-corrected chi connectivity index (χ1v) is 11.6. The summed E-state index contributed by atoms with van der Waals surface area (Å²) < 4.78 is 42.7. The Kier molecular flexibility index (Phi) is 5.43. The Hall–Kier alpha value is -1.91. The molecular weight excluding hydrogens is 395 g/mol. The number of hydrogen-bond acceptors (Lipinski definition) is 6. The number of hydrogen-bond donors (Lipinski definition) is 0. The van der Waals surface area contributed by atoms with Crippen molar-refractivity contribution in [1.82, 2.24) is 29.4 Å². The van der Waals surface area contributed by atoms with Gasteiger partial charge in [-0.25, -0.2) is 17.5 Å². The third-order valence-corrected chi connectivity index (χ3v) is 8.10. The zero-order valence-electron chi connectivity index (χ0n) is 16.8. The molecule has 2 aromatic rings. The van der Waals surface area contributed by atoms with E-state index in [1.54, 1.807) is 0 Å². The highest BCUT2D eigenvalue weighted by atomic mass is 32.2. The summed E-state index contributed by atoms with van der Waals surface area (Å²) in [6.07, 6.45) is 5.05. The molecule has 1 aliphatic heterocycles. The number of tetrazole rings is 1. The van der Waals surface area contributed by atoms with Crippen LogP contribution in [0.5, 0.6) is 0 Å². The molecule has 0 radical (unpaired) electrons. The van der Waals surface area contributed by atoms with Crippen LogP contribution in [0.3, 0.4) is 0 Å². The summed E-state index contributed by atoms with van der Waals surface area (Å²) in [4.78, 5) is 2.04. The molecule has 0 bridgehead atoms. The van der Waals surface area contributed by atoms with E-state index in [9.17, 15) is 12.8 Å². The number of rotatable bonds is 6. The van der Waals surface area contributed by atoms with Gasteiger partial charge in [0, 0.05) is 13.1 Å². The molecule has 1 unspecified atom stereocenters. The molecule has 10 heteroatoms. The molecule has 2 fully saturated rings. The standard InChI is InChI=1S/C19H27FN6O2S/c1-24(2)19(18-21-22-23-26(18)17-5-3-4-6-17)11-12-25(14-19)29(27,28)13-15-7-9-16(20)10-8-15/h7-10,17H,3-6,11-14H2,1-2H3. The fourth-order valence-corrected chi connectivity index (χ4v) is 6.10. The van der Waals surface area contributed by atoms with Crippen molar-refractivity contribution in [2.75, 3.05) is 27.2 Å². The van der Waals surface area contributed by atoms with Crippen LogP contribution in [0.15, 0.2) is 24.3 Å². The van der Waals surface area contributed by atoms with Gasteiger partial charge >= 0.3 is 0 Å². The molecule has 29 heavy (non-hydrogen) atoms. The highest BCUT2D eigenvalue weighted by Crippen LogP contribution is 2.39. The number of sulfonamides is 1. The third kappa shape index (κ3) is 3.80. The van der Waals surface area contributed by atoms with Crippen molar-refractivity contribution < 1.29 is 12.8 Å². The maximum Gasteiger partial charge on any atom is 0.218 e. The molecule has 158 valence electrons. The van der Waals surface area contributed by atoms with E-state index in [-0.39, 0.29) is 17.6 Å². The Balaban J connectivity index is 1.60. The van der Waals surface area contributed by atoms with E-state index in [1.165, 1.54) is 28.6 Å². The zero-order chi connectivity index (χ0) is 20.6. The number of aromatic nitrogens is 4. The fourth-order valence-electron chi connectivity index (χ4n) is 4.52. The lowest BCUT2D eigenvalue weighted by molar-refractivity contribution is 0.144. The maximum absolute atomic E-state index is 13.1. The van der Waals surface area contributed by atoms with Crippen LogP contribution >= 0.6 is 0 Å². The number of likely N-dealkylation sites (N-methyl/N-ethyl adjacent to an activating group) is 1. The number of nitrogens with zero attached hydrogens (tertiary/aromatic N) is 6. The lowest BCUT2D eigenvalue weighted by Gasteiger charge is -2.35. The second kappa shape index (κ2) is 7.73. The van der Waals surface area contributed by atoms with Crippen molar-refractivity contribution in [3.05, 3.63) is 41.5 Å². The minimum atomic E-state index is -3.55. The highest BCUT2D eigenvalue weighted by molar-refractivity contribution is 7.88. The van der Waals surface area contributed by atoms with Gasteiger partial charge in [-0.05, 0) is 61.5 Å². The molecule has 0 N–H and O–H groups in total. The first-order valence-electron chi connectivity index (χ1n) is 10.00. The number of halogens is 1. The maximum atomic E-state index is 13.1. The van der Waals surface area contributed by atoms with Crippen LogP contribution in [0.4, 0.5) is 4.39 Å². The van der Waals surface area contributed by atoms with Crippen LogP contribution in [0.25, 0.3) is 0 Å². The van der Waals surface area contributed by atoms with Gasteiger partial charge in [-0.3, -0.25) is 4.90 Å². The van der Waals surface area contributed by atoms with Gasteiger partial charge in [0.15, 0.2) is 5.82 Å². The van der Waals surface area contributed by atoms with E-state index in [1.807, 2.05) is 23.7 Å². The summed E-state index contributed by atoms with van der Waals surface area (Å²) in [6.45, 7) is 0.704. The quantitative estimate of drug-likeness (QED) is 0.707. The lowest BCUT2D eigenvalue weighted by Crippen LogP contribution is -2.47. The molecule has 8 nitrogen and oxygen atoms in total. The van der Waals surface area contributed by atoms with Crippen LogP contribution in [0, 0.1) is 5.82 Å². The smallest absolute Gasteiger partial charge is 0.218 e. The molecule has 0 amide bonds. The van der Waals surface area contributed by atoms with Gasteiger partial charge in [-0.1, -0.05) is 25.0 Å². The number of benzene rings is 1. The van der Waals surface area contributed by atoms with Crippen LogP contribution in [-0.2, 0) is 21.3 Å². The molecule has 1 aromatic carbocycles. The molecule has 1 saturated heterocycles. The van der Waals surface area contributed by atoms with Crippen molar-refractivity contribution in [3.8, 4) is 0 Å². The van der Waals surface area contributed by atoms with Gasteiger partial charge in [-0.2, -0.15) is 4.31 Å². The topological polar surface area (TPSA) is 84.2 Å². The van der Waals surface area contributed by atoms with Crippen molar-refractivity contribution in [3.63, 3.8) is 0 Å². The minimum Gasteiger partial charge on any atom is -0.296 e. The van der Waals surface area contributed by atoms with Crippen LogP contribution in [-0.4, -0.2) is 65.0 Å². The molecule has 1 aromatic heterocycles. The fraction of sp³-hybridized carbons (Fsp3) is 0.632. The van der Waals surface area contributed by atoms with E-state index >= 15 is 0 Å².